The maximum Gasteiger partial charge on any atom is 0.240 e. The van der Waals surface area contributed by atoms with E-state index in [0.717, 1.165) is 43.4 Å². The van der Waals surface area contributed by atoms with Crippen molar-refractivity contribution in [3.05, 3.63) is 65.8 Å². The summed E-state index contributed by atoms with van der Waals surface area (Å²) in [6.45, 7) is 2.57. The standard InChI is InChI=1S/C22H27ClN4O2S/c1-2-3-4-8-11-20(25-30(28,29)21-14-12-19(23)13-15-21)16-27-17-22(24-26-27)18-9-6-5-7-10-18/h5-7,9-10,12-15,17,20,25H,2-4,8,11,16H2,1H3. The predicted octanol–water partition coefficient (Wildman–Crippen LogP) is 4.92. The van der Waals surface area contributed by atoms with E-state index in [4.69, 9.17) is 11.6 Å². The van der Waals surface area contributed by atoms with Gasteiger partial charge in [0.25, 0.3) is 0 Å². The van der Waals surface area contributed by atoms with Gasteiger partial charge in [0.1, 0.15) is 5.69 Å². The molecule has 0 spiro atoms. The molecule has 0 saturated carbocycles. The normalized spacial score (nSPS) is 12.7. The summed E-state index contributed by atoms with van der Waals surface area (Å²) in [4.78, 5) is 0.203. The molecule has 0 amide bonds. The molecule has 6 nitrogen and oxygen atoms in total. The van der Waals surface area contributed by atoms with Crippen molar-refractivity contribution >= 4 is 21.6 Å². The van der Waals surface area contributed by atoms with E-state index in [2.05, 4.69) is 22.0 Å². The van der Waals surface area contributed by atoms with Crippen LogP contribution < -0.4 is 4.72 Å². The van der Waals surface area contributed by atoms with E-state index in [1.54, 1.807) is 16.8 Å². The highest BCUT2D eigenvalue weighted by Crippen LogP contribution is 2.18. The van der Waals surface area contributed by atoms with Crippen LogP contribution in [0.15, 0.2) is 65.7 Å². The summed E-state index contributed by atoms with van der Waals surface area (Å²) in [7, 11) is -3.65. The Morgan fingerprint density at radius 2 is 1.77 bits per heavy atom. The Morgan fingerprint density at radius 1 is 1.03 bits per heavy atom. The van der Waals surface area contributed by atoms with Gasteiger partial charge < -0.3 is 0 Å². The van der Waals surface area contributed by atoms with Gasteiger partial charge in [-0.3, -0.25) is 4.68 Å². The predicted molar refractivity (Wildman–Crippen MR) is 120 cm³/mol. The molecule has 0 radical (unpaired) electrons. The van der Waals surface area contributed by atoms with Gasteiger partial charge in [0.2, 0.25) is 10.0 Å². The molecule has 0 aliphatic rings. The molecular formula is C22H27ClN4O2S. The van der Waals surface area contributed by atoms with Gasteiger partial charge in [0.15, 0.2) is 0 Å². The van der Waals surface area contributed by atoms with Crippen LogP contribution in [0, 0.1) is 0 Å². The topological polar surface area (TPSA) is 76.9 Å². The molecule has 0 aliphatic heterocycles. The van der Waals surface area contributed by atoms with E-state index in [1.807, 2.05) is 36.5 Å². The van der Waals surface area contributed by atoms with Gasteiger partial charge in [-0.05, 0) is 30.7 Å². The van der Waals surface area contributed by atoms with Gasteiger partial charge in [-0.1, -0.05) is 79.8 Å². The van der Waals surface area contributed by atoms with Crippen LogP contribution in [-0.4, -0.2) is 29.5 Å². The number of sulfonamides is 1. The highest BCUT2D eigenvalue weighted by molar-refractivity contribution is 7.89. The highest BCUT2D eigenvalue weighted by atomic mass is 35.5. The number of rotatable bonds is 11. The minimum absolute atomic E-state index is 0.203. The van der Waals surface area contributed by atoms with Crippen LogP contribution in [0.5, 0.6) is 0 Å². The molecule has 30 heavy (non-hydrogen) atoms. The van der Waals surface area contributed by atoms with Gasteiger partial charge >= 0.3 is 0 Å². The van der Waals surface area contributed by atoms with Crippen molar-refractivity contribution in [1.82, 2.24) is 19.7 Å². The van der Waals surface area contributed by atoms with Crippen molar-refractivity contribution in [2.75, 3.05) is 0 Å². The summed E-state index contributed by atoms with van der Waals surface area (Å²) < 4.78 is 30.3. The first-order chi connectivity index (χ1) is 14.5. The van der Waals surface area contributed by atoms with E-state index in [0.29, 0.717) is 11.6 Å². The van der Waals surface area contributed by atoms with Crippen molar-refractivity contribution in [1.29, 1.82) is 0 Å². The number of nitrogens with zero attached hydrogens (tertiary/aromatic N) is 3. The first-order valence-corrected chi connectivity index (χ1v) is 12.1. The Kier molecular flexibility index (Phi) is 8.01. The van der Waals surface area contributed by atoms with E-state index in [1.165, 1.54) is 12.1 Å². The van der Waals surface area contributed by atoms with Crippen molar-refractivity contribution < 1.29 is 8.42 Å². The SMILES string of the molecule is CCCCCCC(Cn1cc(-c2ccccc2)nn1)NS(=O)(=O)c1ccc(Cl)cc1. The van der Waals surface area contributed by atoms with Crippen molar-refractivity contribution in [2.45, 2.75) is 56.5 Å². The van der Waals surface area contributed by atoms with Crippen molar-refractivity contribution in [2.24, 2.45) is 0 Å². The second-order valence-corrected chi connectivity index (χ2v) is 9.46. The largest absolute Gasteiger partial charge is 0.250 e. The lowest BCUT2D eigenvalue weighted by atomic mass is 10.1. The minimum atomic E-state index is -3.65. The Balaban J connectivity index is 1.73. The summed E-state index contributed by atoms with van der Waals surface area (Å²) >= 11 is 5.89. The van der Waals surface area contributed by atoms with Crippen LogP contribution in [0.25, 0.3) is 11.3 Å². The van der Waals surface area contributed by atoms with Gasteiger partial charge in [0.05, 0.1) is 17.6 Å². The third-order valence-electron chi connectivity index (χ3n) is 4.87. The molecule has 0 saturated heterocycles. The van der Waals surface area contributed by atoms with Crippen LogP contribution in [0.3, 0.4) is 0 Å². The molecule has 1 atom stereocenters. The number of hydrogen-bond donors (Lipinski definition) is 1. The molecule has 1 heterocycles. The molecule has 8 heteroatoms. The number of halogens is 1. The van der Waals surface area contributed by atoms with Crippen LogP contribution >= 0.6 is 11.6 Å². The van der Waals surface area contributed by atoms with Crippen molar-refractivity contribution in [3.63, 3.8) is 0 Å². The Labute approximate surface area is 183 Å². The lowest BCUT2D eigenvalue weighted by Crippen LogP contribution is -2.38. The number of benzene rings is 2. The molecule has 1 aromatic heterocycles. The Bertz CT molecular complexity index is 1020. The first-order valence-electron chi connectivity index (χ1n) is 10.2. The average Bonchev–Trinajstić information content (AvgIpc) is 3.20. The zero-order valence-corrected chi connectivity index (χ0v) is 18.6. The van der Waals surface area contributed by atoms with E-state index in [9.17, 15) is 8.42 Å². The molecule has 2 aromatic carbocycles. The number of aromatic nitrogens is 3. The molecule has 0 bridgehead atoms. The summed E-state index contributed by atoms with van der Waals surface area (Å²) in [6, 6.07) is 15.7. The second-order valence-electron chi connectivity index (χ2n) is 7.31. The maximum absolute atomic E-state index is 12.9. The molecule has 1 unspecified atom stereocenters. The van der Waals surface area contributed by atoms with Crippen LogP contribution in [0.1, 0.15) is 39.0 Å². The fraction of sp³-hybridized carbons (Fsp3) is 0.364. The second kappa shape index (κ2) is 10.7. The number of nitrogens with one attached hydrogen (secondary N) is 1. The molecule has 160 valence electrons. The third kappa shape index (κ3) is 6.39. The summed E-state index contributed by atoms with van der Waals surface area (Å²) in [6.07, 6.45) is 6.87. The van der Waals surface area contributed by atoms with Crippen LogP contribution in [0.2, 0.25) is 5.02 Å². The molecule has 0 aliphatic carbocycles. The fourth-order valence-corrected chi connectivity index (χ4v) is 4.65. The third-order valence-corrected chi connectivity index (χ3v) is 6.66. The van der Waals surface area contributed by atoms with Gasteiger partial charge in [-0.2, -0.15) is 0 Å². The zero-order chi connectivity index (χ0) is 21.4. The summed E-state index contributed by atoms with van der Waals surface area (Å²) in [5, 5.41) is 8.94. The monoisotopic (exact) mass is 446 g/mol. The smallest absolute Gasteiger partial charge is 0.240 e. The fourth-order valence-electron chi connectivity index (χ4n) is 3.26. The minimum Gasteiger partial charge on any atom is -0.250 e. The Morgan fingerprint density at radius 3 is 2.47 bits per heavy atom. The van der Waals surface area contributed by atoms with E-state index < -0.39 is 10.0 Å². The lowest BCUT2D eigenvalue weighted by Gasteiger charge is -2.19. The molecule has 0 fully saturated rings. The number of unbranched alkanes of at least 4 members (excludes halogenated alkanes) is 3. The Hall–Kier alpha value is -2.22. The quantitative estimate of drug-likeness (QED) is 0.424. The zero-order valence-electron chi connectivity index (χ0n) is 17.0. The summed E-state index contributed by atoms with van der Waals surface area (Å²) in [5.74, 6) is 0. The molecule has 3 rings (SSSR count). The first kappa shape index (κ1) is 22.5. The number of hydrogen-bond acceptors (Lipinski definition) is 4. The van der Waals surface area contributed by atoms with Gasteiger partial charge in [-0.15, -0.1) is 5.10 Å². The highest BCUT2D eigenvalue weighted by Gasteiger charge is 2.21. The van der Waals surface area contributed by atoms with Gasteiger partial charge in [0, 0.05) is 16.6 Å². The van der Waals surface area contributed by atoms with Gasteiger partial charge in [-0.25, -0.2) is 13.1 Å². The molecular weight excluding hydrogens is 420 g/mol. The van der Waals surface area contributed by atoms with Crippen LogP contribution in [0.4, 0.5) is 0 Å². The summed E-state index contributed by atoms with van der Waals surface area (Å²) in [5.41, 5.74) is 1.74. The van der Waals surface area contributed by atoms with E-state index in [-0.39, 0.29) is 10.9 Å². The van der Waals surface area contributed by atoms with Crippen molar-refractivity contribution in [3.8, 4) is 11.3 Å². The molecule has 3 aromatic rings. The molecule has 1 N–H and O–H groups in total. The average molecular weight is 447 g/mol. The van der Waals surface area contributed by atoms with Crippen LogP contribution in [-0.2, 0) is 16.6 Å². The maximum atomic E-state index is 12.9. The van der Waals surface area contributed by atoms with E-state index >= 15 is 0 Å². The lowest BCUT2D eigenvalue weighted by molar-refractivity contribution is 0.425.